The summed E-state index contributed by atoms with van der Waals surface area (Å²) in [7, 11) is 0. The van der Waals surface area contributed by atoms with Crippen LogP contribution in [0, 0.1) is 0 Å². The second kappa shape index (κ2) is 9.74. The Labute approximate surface area is 186 Å². The number of hydrogen-bond donors (Lipinski definition) is 0. The van der Waals surface area contributed by atoms with Crippen LogP contribution in [0.1, 0.15) is 72.4 Å². The number of rotatable bonds is 7. The Morgan fingerprint density at radius 1 is 1.07 bits per heavy atom. The van der Waals surface area contributed by atoms with Crippen molar-refractivity contribution in [1.82, 2.24) is 0 Å². The number of allylic oxidation sites excluding steroid dienone is 5. The van der Waals surface area contributed by atoms with Gasteiger partial charge in [0, 0.05) is 16.9 Å². The molecule has 0 saturated carbocycles. The van der Waals surface area contributed by atoms with E-state index in [1.54, 1.807) is 12.2 Å². The van der Waals surface area contributed by atoms with Gasteiger partial charge in [-0.1, -0.05) is 43.8 Å². The normalized spacial score (nSPS) is 14.8. The predicted octanol–water partition coefficient (Wildman–Crippen LogP) is 6.83. The van der Waals surface area contributed by atoms with Crippen LogP contribution in [0.25, 0.3) is 6.08 Å². The topological polar surface area (TPSA) is 35.5 Å². The number of benzene rings is 1. The molecule has 1 aromatic rings. The fraction of sp³-hybridized carbons (Fsp3) is 0.462. The quantitative estimate of drug-likeness (QED) is 0.353. The van der Waals surface area contributed by atoms with Gasteiger partial charge in [0.1, 0.15) is 22.7 Å². The average Bonchev–Trinajstić information content (AvgIpc) is 2.61. The Morgan fingerprint density at radius 2 is 1.73 bits per heavy atom. The molecular formula is C26H34O3S. The molecule has 0 radical (unpaired) electrons. The van der Waals surface area contributed by atoms with Gasteiger partial charge >= 0.3 is 0 Å². The highest BCUT2D eigenvalue weighted by molar-refractivity contribution is 7.80. The fourth-order valence-electron chi connectivity index (χ4n) is 3.06. The predicted molar refractivity (Wildman–Crippen MR) is 130 cm³/mol. The summed E-state index contributed by atoms with van der Waals surface area (Å²) in [5.41, 5.74) is 1.82. The third-order valence-corrected chi connectivity index (χ3v) is 4.54. The monoisotopic (exact) mass is 426 g/mol. The summed E-state index contributed by atoms with van der Waals surface area (Å²) in [4.78, 5) is 13.6. The Kier molecular flexibility index (Phi) is 7.81. The molecule has 0 spiro atoms. The lowest BCUT2D eigenvalue weighted by atomic mass is 9.99. The summed E-state index contributed by atoms with van der Waals surface area (Å²) in [6.45, 7) is 14.3. The minimum absolute atomic E-state index is 0.0574. The largest absolute Gasteiger partial charge is 0.487 e. The maximum Gasteiger partial charge on any atom is 0.185 e. The third kappa shape index (κ3) is 7.24. The summed E-state index contributed by atoms with van der Waals surface area (Å²) in [5.74, 6) is 1.43. The minimum Gasteiger partial charge on any atom is -0.487 e. The van der Waals surface area contributed by atoms with E-state index in [1.807, 2.05) is 65.8 Å². The Bertz CT molecular complexity index is 890. The van der Waals surface area contributed by atoms with Crippen LogP contribution in [0.5, 0.6) is 11.5 Å². The van der Waals surface area contributed by atoms with Gasteiger partial charge < -0.3 is 9.47 Å². The van der Waals surface area contributed by atoms with Gasteiger partial charge in [0.25, 0.3) is 0 Å². The van der Waals surface area contributed by atoms with Gasteiger partial charge in [0.2, 0.25) is 0 Å². The van der Waals surface area contributed by atoms with Crippen molar-refractivity contribution in [2.75, 3.05) is 0 Å². The smallest absolute Gasteiger partial charge is 0.185 e. The molecule has 0 fully saturated rings. The molecule has 0 N–H and O–H groups in total. The van der Waals surface area contributed by atoms with E-state index >= 15 is 0 Å². The maximum absolute atomic E-state index is 12.8. The lowest BCUT2D eigenvalue weighted by Crippen LogP contribution is -2.26. The second-order valence-electron chi connectivity index (χ2n) is 9.51. The van der Waals surface area contributed by atoms with Crippen LogP contribution in [0.2, 0.25) is 0 Å². The van der Waals surface area contributed by atoms with E-state index in [0.717, 1.165) is 34.6 Å². The molecule has 162 valence electrons. The van der Waals surface area contributed by atoms with Crippen molar-refractivity contribution >= 4 is 28.9 Å². The molecule has 0 saturated heterocycles. The van der Waals surface area contributed by atoms with Crippen LogP contribution >= 0.6 is 12.2 Å². The first-order chi connectivity index (χ1) is 13.9. The fourth-order valence-corrected chi connectivity index (χ4v) is 3.21. The van der Waals surface area contributed by atoms with Crippen molar-refractivity contribution in [2.45, 2.75) is 78.9 Å². The highest BCUT2D eigenvalue weighted by atomic mass is 32.1. The molecule has 0 unspecified atom stereocenters. The minimum atomic E-state index is -0.375. The van der Waals surface area contributed by atoms with Gasteiger partial charge in [-0.2, -0.15) is 0 Å². The van der Waals surface area contributed by atoms with E-state index in [-0.39, 0.29) is 17.0 Å². The molecule has 2 rings (SSSR count). The zero-order valence-electron chi connectivity index (χ0n) is 19.3. The first-order valence-corrected chi connectivity index (χ1v) is 11.0. The van der Waals surface area contributed by atoms with Gasteiger partial charge in [0.05, 0.1) is 5.56 Å². The number of hydrogen-bond acceptors (Lipinski definition) is 4. The first-order valence-electron chi connectivity index (χ1n) is 10.6. The van der Waals surface area contributed by atoms with Crippen LogP contribution in [0.3, 0.4) is 0 Å². The van der Waals surface area contributed by atoms with Gasteiger partial charge in [-0.25, -0.2) is 0 Å². The number of ketones is 1. The van der Waals surface area contributed by atoms with Crippen molar-refractivity contribution in [3.63, 3.8) is 0 Å². The number of carbonyl (C=O) groups is 1. The Hall–Kier alpha value is -2.20. The highest BCUT2D eigenvalue weighted by Gasteiger charge is 2.23. The number of aryl methyl sites for hydroxylation is 1. The molecule has 4 heteroatoms. The van der Waals surface area contributed by atoms with Crippen molar-refractivity contribution in [2.24, 2.45) is 0 Å². The van der Waals surface area contributed by atoms with Crippen LogP contribution in [0.15, 0.2) is 42.0 Å². The number of thiocarbonyl (C=S) groups is 1. The molecule has 0 atom stereocenters. The zero-order valence-corrected chi connectivity index (χ0v) is 20.1. The van der Waals surface area contributed by atoms with E-state index < -0.39 is 0 Å². The average molecular weight is 427 g/mol. The number of carbonyl (C=O) groups excluding carboxylic acids is 1. The lowest BCUT2D eigenvalue weighted by molar-refractivity contribution is -0.111. The van der Waals surface area contributed by atoms with E-state index in [4.69, 9.17) is 21.7 Å². The molecule has 3 nitrogen and oxygen atoms in total. The summed E-state index contributed by atoms with van der Waals surface area (Å²) >= 11 is 5.17. The molecule has 0 amide bonds. The van der Waals surface area contributed by atoms with Crippen LogP contribution in [-0.4, -0.2) is 21.8 Å². The van der Waals surface area contributed by atoms with Crippen molar-refractivity contribution < 1.29 is 14.3 Å². The Morgan fingerprint density at radius 3 is 2.27 bits per heavy atom. The summed E-state index contributed by atoms with van der Waals surface area (Å²) in [6.07, 6.45) is 11.4. The van der Waals surface area contributed by atoms with Gasteiger partial charge in [0.15, 0.2) is 5.78 Å². The zero-order chi connectivity index (χ0) is 22.5. The van der Waals surface area contributed by atoms with Crippen molar-refractivity contribution in [3.05, 3.63) is 53.1 Å². The molecule has 1 aliphatic rings. The van der Waals surface area contributed by atoms with Crippen molar-refractivity contribution in [3.8, 4) is 11.5 Å². The summed E-state index contributed by atoms with van der Waals surface area (Å²) < 4.78 is 12.6. The first kappa shape index (κ1) is 24.1. The van der Waals surface area contributed by atoms with Gasteiger partial charge in [-0.05, 0) is 77.8 Å². The Balaban J connectivity index is 2.53. The van der Waals surface area contributed by atoms with Crippen molar-refractivity contribution in [1.29, 1.82) is 0 Å². The van der Waals surface area contributed by atoms with Gasteiger partial charge in [-0.3, -0.25) is 4.79 Å². The van der Waals surface area contributed by atoms with E-state index in [9.17, 15) is 4.79 Å². The van der Waals surface area contributed by atoms with Crippen LogP contribution < -0.4 is 9.47 Å². The lowest BCUT2D eigenvalue weighted by Gasteiger charge is -2.28. The molecular weight excluding hydrogens is 392 g/mol. The third-order valence-electron chi connectivity index (χ3n) is 4.24. The molecule has 30 heavy (non-hydrogen) atoms. The summed E-state index contributed by atoms with van der Waals surface area (Å²) in [5, 5.41) is 0. The summed E-state index contributed by atoms with van der Waals surface area (Å²) in [6, 6.07) is 4.05. The molecule has 0 heterocycles. The van der Waals surface area contributed by atoms with Crippen LogP contribution in [-0.2, 0) is 11.2 Å². The van der Waals surface area contributed by atoms with Crippen LogP contribution in [0.4, 0.5) is 0 Å². The van der Waals surface area contributed by atoms with Gasteiger partial charge in [-0.15, -0.1) is 0 Å². The highest BCUT2D eigenvalue weighted by Crippen LogP contribution is 2.38. The van der Waals surface area contributed by atoms with E-state index in [1.165, 1.54) is 0 Å². The van der Waals surface area contributed by atoms with E-state index in [2.05, 4.69) is 13.0 Å². The molecule has 0 aliphatic heterocycles. The van der Waals surface area contributed by atoms with E-state index in [0.29, 0.717) is 17.7 Å². The standard InChI is InChI=1S/C26H34O3S/c1-8-9-19-12-17-23(28-25(2,3)4)21(24(19)29-26(5,6)7)15-16-22(27)18-10-13-20(30)14-11-18/h10-13,15-17H,8-9,14H2,1-7H3. The second-order valence-corrected chi connectivity index (χ2v) is 10.0. The molecule has 0 bridgehead atoms. The molecule has 1 aromatic carbocycles. The molecule has 0 aromatic heterocycles. The number of ether oxygens (including phenoxy) is 2. The SMILES string of the molecule is CCCc1ccc(OC(C)(C)C)c(C=CC(=O)C2=CCC(=S)C=C2)c1OC(C)(C)C. The maximum atomic E-state index is 12.8. The molecule has 1 aliphatic carbocycles.